The van der Waals surface area contributed by atoms with E-state index in [-0.39, 0.29) is 6.61 Å². The zero-order valence-electron chi connectivity index (χ0n) is 17.4. The number of hydrogen-bond donors (Lipinski definition) is 2. The van der Waals surface area contributed by atoms with Gasteiger partial charge in [0.05, 0.1) is 7.11 Å². The summed E-state index contributed by atoms with van der Waals surface area (Å²) < 4.78 is 22.3. The Bertz CT molecular complexity index is 1100. The largest absolute Gasteiger partial charge is 0.493 e. The predicted octanol–water partition coefficient (Wildman–Crippen LogP) is 2.88. The van der Waals surface area contributed by atoms with Gasteiger partial charge in [-0.1, -0.05) is 42.5 Å². The van der Waals surface area contributed by atoms with Gasteiger partial charge >= 0.3 is 0 Å². The van der Waals surface area contributed by atoms with E-state index in [1.165, 1.54) is 13.2 Å². The Balaban J connectivity index is 1.33. The standard InChI is InChI=1S/C24H22N2O6/c1-29-21-13-17(11-12-19(21)30-14-16-7-3-2-4-8-16)23(27)25-26-24(28)22-15-31-18-9-5-6-10-20(18)32-22/h2-13,22H,14-15H2,1H3,(H,25,27)(H,26,28). The van der Waals surface area contributed by atoms with Crippen molar-refractivity contribution in [2.75, 3.05) is 13.7 Å². The van der Waals surface area contributed by atoms with Crippen molar-refractivity contribution in [1.82, 2.24) is 10.9 Å². The molecule has 8 nitrogen and oxygen atoms in total. The van der Waals surface area contributed by atoms with Gasteiger partial charge in [-0.25, -0.2) is 0 Å². The van der Waals surface area contributed by atoms with E-state index >= 15 is 0 Å². The summed E-state index contributed by atoms with van der Waals surface area (Å²) in [6.07, 6.45) is -0.881. The number of carbonyl (C=O) groups excluding carboxylic acids is 2. The van der Waals surface area contributed by atoms with Crippen LogP contribution in [0.3, 0.4) is 0 Å². The molecule has 164 valence electrons. The van der Waals surface area contributed by atoms with Crippen LogP contribution in [0.15, 0.2) is 72.8 Å². The summed E-state index contributed by atoms with van der Waals surface area (Å²) in [5.74, 6) is 0.915. The van der Waals surface area contributed by atoms with Crippen LogP contribution < -0.4 is 29.8 Å². The molecular formula is C24H22N2O6. The van der Waals surface area contributed by atoms with Crippen LogP contribution in [0.1, 0.15) is 15.9 Å². The van der Waals surface area contributed by atoms with Crippen LogP contribution in [-0.2, 0) is 11.4 Å². The first kappa shape index (κ1) is 21.0. The molecule has 2 N–H and O–H groups in total. The highest BCUT2D eigenvalue weighted by atomic mass is 16.6. The van der Waals surface area contributed by atoms with Crippen LogP contribution in [0.4, 0.5) is 0 Å². The Morgan fingerprint density at radius 2 is 1.69 bits per heavy atom. The minimum Gasteiger partial charge on any atom is -0.493 e. The lowest BCUT2D eigenvalue weighted by Crippen LogP contribution is -2.50. The van der Waals surface area contributed by atoms with Crippen LogP contribution in [0, 0.1) is 0 Å². The minimum absolute atomic E-state index is 0.0417. The molecule has 4 rings (SSSR count). The molecule has 0 bridgehead atoms. The van der Waals surface area contributed by atoms with E-state index in [2.05, 4.69) is 10.9 Å². The zero-order valence-corrected chi connectivity index (χ0v) is 17.4. The number of hydrazine groups is 1. The Hall–Kier alpha value is -4.20. The molecule has 0 saturated heterocycles. The zero-order chi connectivity index (χ0) is 22.3. The molecule has 1 heterocycles. The Kier molecular flexibility index (Phi) is 6.41. The number of hydrogen-bond acceptors (Lipinski definition) is 6. The molecule has 1 aliphatic heterocycles. The van der Waals surface area contributed by atoms with E-state index in [0.29, 0.717) is 35.2 Å². The second kappa shape index (κ2) is 9.74. The molecule has 1 atom stereocenters. The average Bonchev–Trinajstić information content (AvgIpc) is 2.86. The highest BCUT2D eigenvalue weighted by Crippen LogP contribution is 2.31. The lowest BCUT2D eigenvalue weighted by Gasteiger charge is -2.25. The van der Waals surface area contributed by atoms with Crippen molar-refractivity contribution >= 4 is 11.8 Å². The third-order valence-electron chi connectivity index (χ3n) is 4.76. The maximum absolute atomic E-state index is 12.5. The fourth-order valence-electron chi connectivity index (χ4n) is 3.08. The van der Waals surface area contributed by atoms with Crippen molar-refractivity contribution in [2.24, 2.45) is 0 Å². The number of para-hydroxylation sites is 2. The van der Waals surface area contributed by atoms with Crippen LogP contribution in [-0.4, -0.2) is 31.6 Å². The SMILES string of the molecule is COc1cc(C(=O)NNC(=O)C2COc3ccccc3O2)ccc1OCc1ccccc1. The van der Waals surface area contributed by atoms with Crippen LogP contribution in [0.5, 0.6) is 23.0 Å². The molecule has 1 unspecified atom stereocenters. The van der Waals surface area contributed by atoms with Crippen LogP contribution in [0.25, 0.3) is 0 Å². The van der Waals surface area contributed by atoms with E-state index in [9.17, 15) is 9.59 Å². The highest BCUT2D eigenvalue weighted by Gasteiger charge is 2.27. The van der Waals surface area contributed by atoms with E-state index < -0.39 is 17.9 Å². The van der Waals surface area contributed by atoms with Gasteiger partial charge in [0.1, 0.15) is 13.2 Å². The van der Waals surface area contributed by atoms with Gasteiger partial charge in [-0.3, -0.25) is 20.4 Å². The van der Waals surface area contributed by atoms with Crippen LogP contribution in [0.2, 0.25) is 0 Å². The van der Waals surface area contributed by atoms with Crippen molar-refractivity contribution in [3.05, 3.63) is 83.9 Å². The van der Waals surface area contributed by atoms with Gasteiger partial charge in [-0.2, -0.15) is 0 Å². The molecule has 32 heavy (non-hydrogen) atoms. The summed E-state index contributed by atoms with van der Waals surface area (Å²) in [6, 6.07) is 21.5. The second-order valence-corrected chi connectivity index (χ2v) is 6.95. The van der Waals surface area contributed by atoms with Crippen molar-refractivity contribution in [1.29, 1.82) is 0 Å². The Morgan fingerprint density at radius 1 is 0.938 bits per heavy atom. The third kappa shape index (κ3) is 4.92. The number of ether oxygens (including phenoxy) is 4. The number of fused-ring (bicyclic) bond motifs is 1. The molecule has 3 aromatic carbocycles. The number of rotatable bonds is 6. The molecule has 2 amide bonds. The van der Waals surface area contributed by atoms with Gasteiger partial charge in [0.25, 0.3) is 11.8 Å². The highest BCUT2D eigenvalue weighted by molar-refractivity contribution is 5.96. The van der Waals surface area contributed by atoms with E-state index in [4.69, 9.17) is 18.9 Å². The molecule has 0 aliphatic carbocycles. The van der Waals surface area contributed by atoms with Gasteiger partial charge < -0.3 is 18.9 Å². The lowest BCUT2D eigenvalue weighted by atomic mass is 10.2. The van der Waals surface area contributed by atoms with Gasteiger partial charge in [-0.05, 0) is 35.9 Å². The van der Waals surface area contributed by atoms with Crippen molar-refractivity contribution < 1.29 is 28.5 Å². The first-order valence-corrected chi connectivity index (χ1v) is 9.97. The second-order valence-electron chi connectivity index (χ2n) is 6.95. The molecule has 0 radical (unpaired) electrons. The van der Waals surface area contributed by atoms with Crippen molar-refractivity contribution in [2.45, 2.75) is 12.7 Å². The summed E-state index contributed by atoms with van der Waals surface area (Å²) in [5, 5.41) is 0. The molecule has 0 fully saturated rings. The maximum Gasteiger partial charge on any atom is 0.283 e. The number of nitrogens with one attached hydrogen (secondary N) is 2. The third-order valence-corrected chi connectivity index (χ3v) is 4.76. The first-order chi connectivity index (χ1) is 15.6. The van der Waals surface area contributed by atoms with E-state index in [1.54, 1.807) is 30.3 Å². The molecular weight excluding hydrogens is 412 g/mol. The van der Waals surface area contributed by atoms with Gasteiger partial charge in [0, 0.05) is 5.56 Å². The van der Waals surface area contributed by atoms with Crippen molar-refractivity contribution in [3.8, 4) is 23.0 Å². The molecule has 1 aliphatic rings. The normalized spacial score (nSPS) is 14.2. The summed E-state index contributed by atoms with van der Waals surface area (Å²) >= 11 is 0. The fraction of sp³-hybridized carbons (Fsp3) is 0.167. The fourth-order valence-corrected chi connectivity index (χ4v) is 3.08. The molecule has 8 heteroatoms. The summed E-state index contributed by atoms with van der Waals surface area (Å²) in [4.78, 5) is 24.9. The van der Waals surface area contributed by atoms with E-state index in [1.807, 2.05) is 36.4 Å². The molecule has 0 saturated carbocycles. The topological polar surface area (TPSA) is 95.1 Å². The van der Waals surface area contributed by atoms with Crippen molar-refractivity contribution in [3.63, 3.8) is 0 Å². The number of amides is 2. The van der Waals surface area contributed by atoms with Crippen LogP contribution >= 0.6 is 0 Å². The predicted molar refractivity (Wildman–Crippen MR) is 116 cm³/mol. The average molecular weight is 434 g/mol. The summed E-state index contributed by atoms with van der Waals surface area (Å²) in [5.41, 5.74) is 6.04. The number of carbonyl (C=O) groups is 2. The van der Waals surface area contributed by atoms with Gasteiger partial charge in [0.2, 0.25) is 6.10 Å². The molecule has 0 aromatic heterocycles. The quantitative estimate of drug-likeness (QED) is 0.580. The smallest absolute Gasteiger partial charge is 0.283 e. The molecule has 0 spiro atoms. The van der Waals surface area contributed by atoms with E-state index in [0.717, 1.165) is 5.56 Å². The Morgan fingerprint density at radius 3 is 2.47 bits per heavy atom. The summed E-state index contributed by atoms with van der Waals surface area (Å²) in [6.45, 7) is 0.408. The maximum atomic E-state index is 12.5. The lowest BCUT2D eigenvalue weighted by molar-refractivity contribution is -0.131. The monoisotopic (exact) mass is 434 g/mol. The Labute approximate surface area is 185 Å². The number of methoxy groups -OCH3 is 1. The van der Waals surface area contributed by atoms with Gasteiger partial charge in [0.15, 0.2) is 23.0 Å². The molecule has 3 aromatic rings. The minimum atomic E-state index is -0.881. The first-order valence-electron chi connectivity index (χ1n) is 9.97. The number of benzene rings is 3. The van der Waals surface area contributed by atoms with Gasteiger partial charge in [-0.15, -0.1) is 0 Å². The summed E-state index contributed by atoms with van der Waals surface area (Å²) in [7, 11) is 1.49.